The van der Waals surface area contributed by atoms with Gasteiger partial charge in [-0.25, -0.2) is 4.98 Å². The van der Waals surface area contributed by atoms with Crippen molar-refractivity contribution in [3.63, 3.8) is 0 Å². The lowest BCUT2D eigenvalue weighted by atomic mass is 10.2. The van der Waals surface area contributed by atoms with Crippen molar-refractivity contribution in [3.05, 3.63) is 22.8 Å². The SMILES string of the molecule is CCCCN(C)c1cc(CNC2CC2)c(Cl)cn1. The van der Waals surface area contributed by atoms with Gasteiger partial charge in [-0.3, -0.25) is 0 Å². The van der Waals surface area contributed by atoms with Gasteiger partial charge in [0.05, 0.1) is 5.02 Å². The van der Waals surface area contributed by atoms with Gasteiger partial charge in [-0.05, 0) is 30.9 Å². The summed E-state index contributed by atoms with van der Waals surface area (Å²) in [5, 5.41) is 4.25. The molecular formula is C14H22ClN3. The summed E-state index contributed by atoms with van der Waals surface area (Å²) in [4.78, 5) is 6.60. The molecule has 0 atom stereocenters. The highest BCUT2D eigenvalue weighted by atomic mass is 35.5. The van der Waals surface area contributed by atoms with Crippen LogP contribution >= 0.6 is 11.6 Å². The average Bonchev–Trinajstić information content (AvgIpc) is 3.19. The lowest BCUT2D eigenvalue weighted by Gasteiger charge is -2.19. The number of aromatic nitrogens is 1. The lowest BCUT2D eigenvalue weighted by Crippen LogP contribution is -2.21. The van der Waals surface area contributed by atoms with Crippen LogP contribution < -0.4 is 10.2 Å². The monoisotopic (exact) mass is 267 g/mol. The number of halogens is 1. The summed E-state index contributed by atoms with van der Waals surface area (Å²) in [6.45, 7) is 4.09. The van der Waals surface area contributed by atoms with E-state index in [4.69, 9.17) is 11.6 Å². The highest BCUT2D eigenvalue weighted by Gasteiger charge is 2.20. The third-order valence-electron chi connectivity index (χ3n) is 3.32. The van der Waals surface area contributed by atoms with E-state index in [9.17, 15) is 0 Å². The van der Waals surface area contributed by atoms with Crippen molar-refractivity contribution in [2.75, 3.05) is 18.5 Å². The van der Waals surface area contributed by atoms with E-state index in [1.807, 2.05) is 0 Å². The molecular weight excluding hydrogens is 246 g/mol. The van der Waals surface area contributed by atoms with E-state index in [1.54, 1.807) is 6.20 Å². The summed E-state index contributed by atoms with van der Waals surface area (Å²) in [6, 6.07) is 2.81. The first kappa shape index (κ1) is 13.6. The van der Waals surface area contributed by atoms with Crippen molar-refractivity contribution in [1.82, 2.24) is 10.3 Å². The molecule has 1 N–H and O–H groups in total. The molecule has 100 valence electrons. The Balaban J connectivity index is 1.99. The summed E-state index contributed by atoms with van der Waals surface area (Å²) < 4.78 is 0. The van der Waals surface area contributed by atoms with Gasteiger partial charge in [0.1, 0.15) is 5.82 Å². The number of hydrogen-bond acceptors (Lipinski definition) is 3. The van der Waals surface area contributed by atoms with Gasteiger partial charge in [0.15, 0.2) is 0 Å². The molecule has 1 heterocycles. The average molecular weight is 268 g/mol. The van der Waals surface area contributed by atoms with Crippen molar-refractivity contribution in [2.45, 2.75) is 45.2 Å². The zero-order chi connectivity index (χ0) is 13.0. The second-order valence-electron chi connectivity index (χ2n) is 5.06. The number of hydrogen-bond donors (Lipinski definition) is 1. The van der Waals surface area contributed by atoms with Crippen LogP contribution in [0.4, 0.5) is 5.82 Å². The Morgan fingerprint density at radius 2 is 2.28 bits per heavy atom. The molecule has 0 aliphatic heterocycles. The van der Waals surface area contributed by atoms with Crippen molar-refractivity contribution in [2.24, 2.45) is 0 Å². The van der Waals surface area contributed by atoms with Crippen LogP contribution in [0.3, 0.4) is 0 Å². The molecule has 0 bridgehead atoms. The Kier molecular flexibility index (Phi) is 4.84. The van der Waals surface area contributed by atoms with Crippen LogP contribution in [0.1, 0.15) is 38.2 Å². The van der Waals surface area contributed by atoms with Crippen LogP contribution in [0, 0.1) is 0 Å². The number of rotatable bonds is 7. The summed E-state index contributed by atoms with van der Waals surface area (Å²) in [7, 11) is 2.09. The van der Waals surface area contributed by atoms with Crippen LogP contribution in [0.5, 0.6) is 0 Å². The predicted molar refractivity (Wildman–Crippen MR) is 77.3 cm³/mol. The van der Waals surface area contributed by atoms with E-state index < -0.39 is 0 Å². The van der Waals surface area contributed by atoms with Gasteiger partial charge < -0.3 is 10.2 Å². The Morgan fingerprint density at radius 3 is 2.94 bits per heavy atom. The highest BCUT2D eigenvalue weighted by molar-refractivity contribution is 6.31. The first-order chi connectivity index (χ1) is 8.70. The van der Waals surface area contributed by atoms with Crippen LogP contribution in [0.25, 0.3) is 0 Å². The Bertz CT molecular complexity index is 391. The Labute approximate surface area is 115 Å². The molecule has 18 heavy (non-hydrogen) atoms. The van der Waals surface area contributed by atoms with Gasteiger partial charge in [0, 0.05) is 32.4 Å². The largest absolute Gasteiger partial charge is 0.360 e. The highest BCUT2D eigenvalue weighted by Crippen LogP contribution is 2.23. The smallest absolute Gasteiger partial charge is 0.128 e. The van der Waals surface area contributed by atoms with E-state index in [1.165, 1.54) is 25.7 Å². The molecule has 1 aliphatic rings. The zero-order valence-corrected chi connectivity index (χ0v) is 12.0. The van der Waals surface area contributed by atoms with E-state index in [2.05, 4.69) is 35.2 Å². The number of unbranched alkanes of at least 4 members (excludes halogenated alkanes) is 1. The van der Waals surface area contributed by atoms with E-state index in [0.29, 0.717) is 6.04 Å². The summed E-state index contributed by atoms with van der Waals surface area (Å²) >= 11 is 6.19. The molecule has 1 aromatic heterocycles. The molecule has 2 rings (SSSR count). The lowest BCUT2D eigenvalue weighted by molar-refractivity contribution is 0.686. The molecule has 3 nitrogen and oxygen atoms in total. The Hall–Kier alpha value is -0.800. The van der Waals surface area contributed by atoms with E-state index in [0.717, 1.165) is 29.5 Å². The second-order valence-corrected chi connectivity index (χ2v) is 5.47. The molecule has 0 unspecified atom stereocenters. The van der Waals surface area contributed by atoms with E-state index >= 15 is 0 Å². The topological polar surface area (TPSA) is 28.2 Å². The third kappa shape index (κ3) is 3.85. The van der Waals surface area contributed by atoms with Gasteiger partial charge >= 0.3 is 0 Å². The van der Waals surface area contributed by atoms with Crippen LogP contribution in [-0.4, -0.2) is 24.6 Å². The fourth-order valence-electron chi connectivity index (χ4n) is 1.86. The summed E-state index contributed by atoms with van der Waals surface area (Å²) in [5.74, 6) is 1.01. The van der Waals surface area contributed by atoms with Crippen molar-refractivity contribution < 1.29 is 0 Å². The Morgan fingerprint density at radius 1 is 1.50 bits per heavy atom. The van der Waals surface area contributed by atoms with Gasteiger partial charge in [-0.2, -0.15) is 0 Å². The van der Waals surface area contributed by atoms with Gasteiger partial charge in [0.2, 0.25) is 0 Å². The summed E-state index contributed by atoms with van der Waals surface area (Å²) in [6.07, 6.45) is 6.76. The van der Waals surface area contributed by atoms with Crippen molar-refractivity contribution >= 4 is 17.4 Å². The number of pyridine rings is 1. The predicted octanol–water partition coefficient (Wildman–Crippen LogP) is 3.22. The molecule has 1 saturated carbocycles. The molecule has 0 radical (unpaired) electrons. The molecule has 1 aliphatic carbocycles. The first-order valence-electron chi connectivity index (χ1n) is 6.79. The van der Waals surface area contributed by atoms with E-state index in [-0.39, 0.29) is 0 Å². The molecule has 4 heteroatoms. The molecule has 0 amide bonds. The van der Waals surface area contributed by atoms with Crippen LogP contribution in [-0.2, 0) is 6.54 Å². The fraction of sp³-hybridized carbons (Fsp3) is 0.643. The van der Waals surface area contributed by atoms with Crippen molar-refractivity contribution in [1.29, 1.82) is 0 Å². The molecule has 0 spiro atoms. The zero-order valence-electron chi connectivity index (χ0n) is 11.2. The molecule has 0 saturated heterocycles. The second kappa shape index (κ2) is 6.39. The van der Waals surface area contributed by atoms with Crippen molar-refractivity contribution in [3.8, 4) is 0 Å². The number of nitrogens with one attached hydrogen (secondary N) is 1. The maximum Gasteiger partial charge on any atom is 0.128 e. The standard InChI is InChI=1S/C14H22ClN3/c1-3-4-7-18(2)14-8-11(13(15)10-17-14)9-16-12-5-6-12/h8,10,12,16H,3-7,9H2,1-2H3. The van der Waals surface area contributed by atoms with Gasteiger partial charge in [-0.15, -0.1) is 0 Å². The number of nitrogens with zero attached hydrogens (tertiary/aromatic N) is 2. The van der Waals surface area contributed by atoms with Crippen LogP contribution in [0.2, 0.25) is 5.02 Å². The van der Waals surface area contributed by atoms with Gasteiger partial charge in [0.25, 0.3) is 0 Å². The maximum atomic E-state index is 6.19. The van der Waals surface area contributed by atoms with Gasteiger partial charge in [-0.1, -0.05) is 24.9 Å². The minimum atomic E-state index is 0.704. The molecule has 1 fully saturated rings. The first-order valence-corrected chi connectivity index (χ1v) is 7.17. The normalized spacial score (nSPS) is 14.8. The number of anilines is 1. The summed E-state index contributed by atoms with van der Waals surface area (Å²) in [5.41, 5.74) is 1.15. The minimum Gasteiger partial charge on any atom is -0.360 e. The maximum absolute atomic E-state index is 6.19. The molecule has 0 aromatic carbocycles. The quantitative estimate of drug-likeness (QED) is 0.822. The minimum absolute atomic E-state index is 0.704. The fourth-order valence-corrected chi connectivity index (χ4v) is 2.03. The van der Waals surface area contributed by atoms with Crippen LogP contribution in [0.15, 0.2) is 12.3 Å². The third-order valence-corrected chi connectivity index (χ3v) is 3.66. The molecule has 1 aromatic rings.